The molecule has 0 radical (unpaired) electrons. The molecule has 3 aromatic rings. The summed E-state index contributed by atoms with van der Waals surface area (Å²) in [7, 11) is 0. The van der Waals surface area contributed by atoms with Gasteiger partial charge in [-0.1, -0.05) is 31.5 Å². The average Bonchev–Trinajstić information content (AvgIpc) is 2.96. The SMILES string of the molecule is CC1=CN(C(=O)c2cccc(Cl)c2)CC(C)(C)c2c1[nH]c1ccncc21. The first kappa shape index (κ1) is 16.9. The second-order valence-electron chi connectivity index (χ2n) is 7.44. The van der Waals surface area contributed by atoms with Gasteiger partial charge < -0.3 is 9.88 Å². The van der Waals surface area contributed by atoms with Gasteiger partial charge in [0.25, 0.3) is 5.91 Å². The van der Waals surface area contributed by atoms with Crippen molar-refractivity contribution in [2.75, 3.05) is 6.54 Å². The predicted molar refractivity (Wildman–Crippen MR) is 105 cm³/mol. The van der Waals surface area contributed by atoms with E-state index in [1.807, 2.05) is 25.4 Å². The highest BCUT2D eigenvalue weighted by molar-refractivity contribution is 6.31. The van der Waals surface area contributed by atoms with Gasteiger partial charge in [-0.05, 0) is 42.3 Å². The number of pyridine rings is 1. The van der Waals surface area contributed by atoms with E-state index in [4.69, 9.17) is 11.6 Å². The number of carbonyl (C=O) groups excluding carboxylic acids is 1. The van der Waals surface area contributed by atoms with E-state index in [0.717, 1.165) is 22.2 Å². The van der Waals surface area contributed by atoms with Crippen LogP contribution < -0.4 is 0 Å². The molecule has 0 atom stereocenters. The first-order valence-corrected chi connectivity index (χ1v) is 8.96. The smallest absolute Gasteiger partial charge is 0.257 e. The van der Waals surface area contributed by atoms with E-state index >= 15 is 0 Å². The molecule has 0 saturated carbocycles. The highest BCUT2D eigenvalue weighted by Crippen LogP contribution is 2.39. The summed E-state index contributed by atoms with van der Waals surface area (Å²) in [4.78, 5) is 22.7. The quantitative estimate of drug-likeness (QED) is 0.658. The Kier molecular flexibility index (Phi) is 3.88. The zero-order chi connectivity index (χ0) is 18.5. The lowest BCUT2D eigenvalue weighted by atomic mass is 9.82. The second kappa shape index (κ2) is 5.99. The van der Waals surface area contributed by atoms with Crippen molar-refractivity contribution in [1.29, 1.82) is 0 Å². The van der Waals surface area contributed by atoms with Crippen molar-refractivity contribution in [2.45, 2.75) is 26.2 Å². The summed E-state index contributed by atoms with van der Waals surface area (Å²) in [6.07, 6.45) is 5.62. The highest BCUT2D eigenvalue weighted by atomic mass is 35.5. The summed E-state index contributed by atoms with van der Waals surface area (Å²) < 4.78 is 0. The summed E-state index contributed by atoms with van der Waals surface area (Å²) in [5.74, 6) is -0.0486. The lowest BCUT2D eigenvalue weighted by Crippen LogP contribution is -2.36. The molecule has 132 valence electrons. The normalized spacial score (nSPS) is 16.2. The first-order valence-electron chi connectivity index (χ1n) is 8.58. The average molecular weight is 366 g/mol. The molecular formula is C21H20ClN3O. The molecule has 1 aliphatic rings. The van der Waals surface area contributed by atoms with Gasteiger partial charge in [0.15, 0.2) is 0 Å². The first-order chi connectivity index (χ1) is 12.4. The van der Waals surface area contributed by atoms with E-state index in [9.17, 15) is 4.79 Å². The van der Waals surface area contributed by atoms with Crippen LogP contribution in [0.15, 0.2) is 48.9 Å². The molecule has 0 spiro atoms. The number of aromatic amines is 1. The van der Waals surface area contributed by atoms with Crippen molar-refractivity contribution in [2.24, 2.45) is 0 Å². The zero-order valence-electron chi connectivity index (χ0n) is 15.0. The monoisotopic (exact) mass is 365 g/mol. The van der Waals surface area contributed by atoms with Crippen molar-refractivity contribution in [3.63, 3.8) is 0 Å². The summed E-state index contributed by atoms with van der Waals surface area (Å²) in [5, 5.41) is 1.67. The van der Waals surface area contributed by atoms with Gasteiger partial charge in [0, 0.05) is 57.7 Å². The van der Waals surface area contributed by atoms with Crippen molar-refractivity contribution in [1.82, 2.24) is 14.9 Å². The van der Waals surface area contributed by atoms with Gasteiger partial charge in [0.1, 0.15) is 0 Å². The van der Waals surface area contributed by atoms with Gasteiger partial charge in [0.05, 0.1) is 0 Å². The molecule has 4 rings (SSSR count). The van der Waals surface area contributed by atoms with E-state index in [1.165, 1.54) is 5.56 Å². The molecule has 0 fully saturated rings. The van der Waals surface area contributed by atoms with E-state index in [-0.39, 0.29) is 11.3 Å². The van der Waals surface area contributed by atoms with Crippen molar-refractivity contribution in [3.05, 3.63) is 70.8 Å². The number of amides is 1. The fraction of sp³-hybridized carbons (Fsp3) is 0.238. The number of allylic oxidation sites excluding steroid dienone is 1. The maximum absolute atomic E-state index is 13.1. The Balaban J connectivity index is 1.83. The van der Waals surface area contributed by atoms with Gasteiger partial charge in [-0.3, -0.25) is 9.78 Å². The topological polar surface area (TPSA) is 49.0 Å². The molecule has 5 heteroatoms. The number of hydrogen-bond acceptors (Lipinski definition) is 2. The standard InChI is InChI=1S/C21H20ClN3O/c1-13-11-25(20(26)14-5-4-6-15(22)9-14)12-21(2,3)18-16-10-23-8-7-17(16)24-19(13)18/h4-11,24H,12H2,1-3H3. The van der Waals surface area contributed by atoms with Crippen LogP contribution in [0.1, 0.15) is 42.4 Å². The van der Waals surface area contributed by atoms with Crippen LogP contribution in [-0.2, 0) is 5.41 Å². The Morgan fingerprint density at radius 3 is 2.88 bits per heavy atom. The minimum absolute atomic E-state index is 0.0486. The van der Waals surface area contributed by atoms with Gasteiger partial charge >= 0.3 is 0 Å². The predicted octanol–water partition coefficient (Wildman–Crippen LogP) is 5.01. The molecule has 0 aliphatic carbocycles. The van der Waals surface area contributed by atoms with Gasteiger partial charge in [-0.2, -0.15) is 0 Å². The largest absolute Gasteiger partial charge is 0.354 e. The molecule has 0 unspecified atom stereocenters. The van der Waals surface area contributed by atoms with E-state index < -0.39 is 0 Å². The third-order valence-electron chi connectivity index (χ3n) is 4.92. The summed E-state index contributed by atoms with van der Waals surface area (Å²) in [5.41, 5.74) is 4.72. The number of H-pyrrole nitrogens is 1. The molecule has 2 aromatic heterocycles. The summed E-state index contributed by atoms with van der Waals surface area (Å²) in [6.45, 7) is 6.93. The second-order valence-corrected chi connectivity index (χ2v) is 7.87. The molecule has 0 bridgehead atoms. The third kappa shape index (κ3) is 2.71. The van der Waals surface area contributed by atoms with Crippen LogP contribution in [0.2, 0.25) is 5.02 Å². The van der Waals surface area contributed by atoms with E-state index in [0.29, 0.717) is 17.1 Å². The Hall–Kier alpha value is -2.59. The molecule has 3 heterocycles. The van der Waals surface area contributed by atoms with Crippen molar-refractivity contribution in [3.8, 4) is 0 Å². The van der Waals surface area contributed by atoms with Crippen LogP contribution in [-0.4, -0.2) is 27.3 Å². The number of carbonyl (C=O) groups is 1. The van der Waals surface area contributed by atoms with Crippen LogP contribution >= 0.6 is 11.6 Å². The van der Waals surface area contributed by atoms with Crippen LogP contribution in [0.25, 0.3) is 16.5 Å². The van der Waals surface area contributed by atoms with Crippen LogP contribution in [0, 0.1) is 0 Å². The minimum atomic E-state index is -0.237. The molecular weight excluding hydrogens is 346 g/mol. The van der Waals surface area contributed by atoms with Crippen molar-refractivity contribution >= 4 is 34.0 Å². The fourth-order valence-electron chi connectivity index (χ4n) is 3.80. The molecule has 26 heavy (non-hydrogen) atoms. The Morgan fingerprint density at radius 2 is 2.12 bits per heavy atom. The molecule has 1 aromatic carbocycles. The number of rotatable bonds is 1. The maximum atomic E-state index is 13.1. The molecule has 1 aliphatic heterocycles. The van der Waals surface area contributed by atoms with E-state index in [1.54, 1.807) is 35.4 Å². The molecule has 1 amide bonds. The number of nitrogens with one attached hydrogen (secondary N) is 1. The Labute approximate surface area is 157 Å². The molecule has 0 saturated heterocycles. The van der Waals surface area contributed by atoms with Gasteiger partial charge in [-0.15, -0.1) is 0 Å². The number of nitrogens with zero attached hydrogens (tertiary/aromatic N) is 2. The lowest BCUT2D eigenvalue weighted by molar-refractivity contribution is 0.0801. The number of benzene rings is 1. The number of fused-ring (bicyclic) bond motifs is 3. The summed E-state index contributed by atoms with van der Waals surface area (Å²) in [6, 6.07) is 9.08. The van der Waals surface area contributed by atoms with Gasteiger partial charge in [0.2, 0.25) is 0 Å². The fourth-order valence-corrected chi connectivity index (χ4v) is 3.99. The molecule has 4 nitrogen and oxygen atoms in total. The van der Waals surface area contributed by atoms with Gasteiger partial charge in [-0.25, -0.2) is 0 Å². The zero-order valence-corrected chi connectivity index (χ0v) is 15.8. The van der Waals surface area contributed by atoms with Crippen LogP contribution in [0.4, 0.5) is 0 Å². The Morgan fingerprint density at radius 1 is 1.31 bits per heavy atom. The third-order valence-corrected chi connectivity index (χ3v) is 5.15. The minimum Gasteiger partial charge on any atom is -0.354 e. The van der Waals surface area contributed by atoms with E-state index in [2.05, 4.69) is 23.8 Å². The maximum Gasteiger partial charge on any atom is 0.257 e. The molecule has 1 N–H and O–H groups in total. The number of hydrogen-bond donors (Lipinski definition) is 1. The highest BCUT2D eigenvalue weighted by Gasteiger charge is 2.34. The summed E-state index contributed by atoms with van der Waals surface area (Å²) >= 11 is 6.07. The number of halogens is 1. The van der Waals surface area contributed by atoms with Crippen molar-refractivity contribution < 1.29 is 4.79 Å². The van der Waals surface area contributed by atoms with Crippen LogP contribution in [0.3, 0.4) is 0 Å². The Bertz CT molecular complexity index is 1050. The van der Waals surface area contributed by atoms with Crippen LogP contribution in [0.5, 0.6) is 0 Å². The number of aromatic nitrogens is 2. The lowest BCUT2D eigenvalue weighted by Gasteiger charge is -2.29.